The highest BCUT2D eigenvalue weighted by Crippen LogP contribution is 2.33. The van der Waals surface area contributed by atoms with Crippen LogP contribution in [0.4, 0.5) is 11.4 Å². The summed E-state index contributed by atoms with van der Waals surface area (Å²) >= 11 is 6.13. The van der Waals surface area contributed by atoms with Gasteiger partial charge in [0.25, 0.3) is 0 Å². The number of anilines is 2. The number of aryl methyl sites for hydroxylation is 1. The van der Waals surface area contributed by atoms with E-state index in [0.29, 0.717) is 10.7 Å². The van der Waals surface area contributed by atoms with Crippen LogP contribution in [0.3, 0.4) is 0 Å². The van der Waals surface area contributed by atoms with Crippen LogP contribution in [0.15, 0.2) is 12.1 Å². The molecular formula is C14H21ClN2O. The number of halogens is 1. The highest BCUT2D eigenvalue weighted by molar-refractivity contribution is 6.33. The predicted molar refractivity (Wildman–Crippen MR) is 77.5 cm³/mol. The Morgan fingerprint density at radius 3 is 2.83 bits per heavy atom. The second-order valence-corrected chi connectivity index (χ2v) is 5.75. The highest BCUT2D eigenvalue weighted by Gasteiger charge is 2.31. The number of hydrogen-bond acceptors (Lipinski definition) is 3. The maximum atomic E-state index is 6.13. The van der Waals surface area contributed by atoms with Crippen LogP contribution in [0, 0.1) is 6.92 Å². The number of nitrogen functional groups attached to an aromatic ring is 1. The van der Waals surface area contributed by atoms with E-state index in [-0.39, 0.29) is 5.60 Å². The van der Waals surface area contributed by atoms with E-state index in [4.69, 9.17) is 22.1 Å². The largest absolute Gasteiger partial charge is 0.398 e. The van der Waals surface area contributed by atoms with Gasteiger partial charge in [0.2, 0.25) is 0 Å². The molecule has 1 aliphatic rings. The van der Waals surface area contributed by atoms with Crippen LogP contribution in [-0.4, -0.2) is 25.8 Å². The van der Waals surface area contributed by atoms with E-state index >= 15 is 0 Å². The van der Waals surface area contributed by atoms with Crippen LogP contribution >= 0.6 is 11.6 Å². The lowest BCUT2D eigenvalue weighted by Gasteiger charge is -2.41. The number of benzene rings is 1. The predicted octanol–water partition coefficient (Wildman–Crippen LogP) is 3.24. The van der Waals surface area contributed by atoms with Crippen molar-refractivity contribution in [2.75, 3.05) is 30.8 Å². The van der Waals surface area contributed by atoms with E-state index in [1.54, 1.807) is 7.11 Å². The van der Waals surface area contributed by atoms with Crippen molar-refractivity contribution in [1.29, 1.82) is 0 Å². The molecule has 0 spiro atoms. The van der Waals surface area contributed by atoms with Crippen molar-refractivity contribution < 1.29 is 4.74 Å². The molecule has 1 fully saturated rings. The molecule has 1 atom stereocenters. The summed E-state index contributed by atoms with van der Waals surface area (Å²) in [5, 5.41) is 0.625. The zero-order chi connectivity index (χ0) is 13.3. The van der Waals surface area contributed by atoms with E-state index in [2.05, 4.69) is 18.7 Å². The fourth-order valence-corrected chi connectivity index (χ4v) is 2.77. The number of rotatable bonds is 2. The summed E-state index contributed by atoms with van der Waals surface area (Å²) in [6.07, 6.45) is 2.23. The molecule has 0 aliphatic carbocycles. The standard InChI is InChI=1S/C14H21ClN2O/c1-10-7-12(16)11(15)8-13(10)17-6-4-5-14(2,9-17)18-3/h7-8H,4-6,9,16H2,1-3H3. The molecule has 1 unspecified atom stereocenters. The fourth-order valence-electron chi connectivity index (χ4n) is 2.61. The molecule has 0 amide bonds. The topological polar surface area (TPSA) is 38.5 Å². The third kappa shape index (κ3) is 2.57. The molecule has 18 heavy (non-hydrogen) atoms. The van der Waals surface area contributed by atoms with Crippen molar-refractivity contribution in [3.63, 3.8) is 0 Å². The molecule has 0 saturated carbocycles. The molecule has 2 N–H and O–H groups in total. The summed E-state index contributed by atoms with van der Waals surface area (Å²) < 4.78 is 5.62. The molecule has 0 aromatic heterocycles. The average molecular weight is 269 g/mol. The lowest BCUT2D eigenvalue weighted by molar-refractivity contribution is -0.00467. The third-order valence-corrected chi connectivity index (χ3v) is 4.14. The maximum Gasteiger partial charge on any atom is 0.0825 e. The molecule has 1 saturated heterocycles. The first-order valence-electron chi connectivity index (χ1n) is 6.31. The minimum atomic E-state index is -0.0709. The molecule has 1 aromatic carbocycles. The highest BCUT2D eigenvalue weighted by atomic mass is 35.5. The zero-order valence-electron chi connectivity index (χ0n) is 11.3. The molecule has 100 valence electrons. The van der Waals surface area contributed by atoms with Gasteiger partial charge in [-0.05, 0) is 44.4 Å². The summed E-state index contributed by atoms with van der Waals surface area (Å²) in [5.74, 6) is 0. The Morgan fingerprint density at radius 2 is 2.17 bits per heavy atom. The van der Waals surface area contributed by atoms with E-state index in [9.17, 15) is 0 Å². The van der Waals surface area contributed by atoms with Crippen LogP contribution in [0.25, 0.3) is 0 Å². The number of piperidine rings is 1. The number of ether oxygens (including phenoxy) is 1. The van der Waals surface area contributed by atoms with Crippen LogP contribution in [0.2, 0.25) is 5.02 Å². The van der Waals surface area contributed by atoms with Crippen LogP contribution in [-0.2, 0) is 4.74 Å². The number of nitrogens with two attached hydrogens (primary N) is 1. The Hall–Kier alpha value is -0.930. The summed E-state index contributed by atoms with van der Waals surface area (Å²) in [5.41, 5.74) is 8.72. The zero-order valence-corrected chi connectivity index (χ0v) is 12.0. The fraction of sp³-hybridized carbons (Fsp3) is 0.571. The summed E-state index contributed by atoms with van der Waals surface area (Å²) in [6, 6.07) is 3.91. The third-order valence-electron chi connectivity index (χ3n) is 3.81. The second-order valence-electron chi connectivity index (χ2n) is 5.34. The SMILES string of the molecule is COC1(C)CCCN(c2cc(Cl)c(N)cc2C)C1. The minimum Gasteiger partial charge on any atom is -0.398 e. The van der Waals surface area contributed by atoms with Gasteiger partial charge in [0.15, 0.2) is 0 Å². The Bertz CT molecular complexity index is 450. The summed E-state index contributed by atoms with van der Waals surface area (Å²) in [6.45, 7) is 6.17. The molecule has 0 bridgehead atoms. The van der Waals surface area contributed by atoms with Crippen LogP contribution < -0.4 is 10.6 Å². The van der Waals surface area contributed by atoms with Crippen molar-refractivity contribution in [3.05, 3.63) is 22.7 Å². The Kier molecular flexibility index (Phi) is 3.74. The molecule has 0 radical (unpaired) electrons. The summed E-state index contributed by atoms with van der Waals surface area (Å²) in [4.78, 5) is 2.34. The Morgan fingerprint density at radius 1 is 1.44 bits per heavy atom. The average Bonchev–Trinajstić information content (AvgIpc) is 2.34. The molecule has 2 rings (SSSR count). The smallest absolute Gasteiger partial charge is 0.0825 e. The number of hydrogen-bond donors (Lipinski definition) is 1. The number of nitrogens with zero attached hydrogens (tertiary/aromatic N) is 1. The lowest BCUT2D eigenvalue weighted by Crippen LogP contribution is -2.47. The first-order valence-corrected chi connectivity index (χ1v) is 6.69. The van der Waals surface area contributed by atoms with E-state index in [0.717, 1.165) is 37.2 Å². The molecule has 1 aliphatic heterocycles. The Labute approximate surface area is 114 Å². The van der Waals surface area contributed by atoms with Gasteiger partial charge in [0.05, 0.1) is 16.3 Å². The molecular weight excluding hydrogens is 248 g/mol. The van der Waals surface area contributed by atoms with E-state index < -0.39 is 0 Å². The van der Waals surface area contributed by atoms with Gasteiger partial charge in [-0.25, -0.2) is 0 Å². The van der Waals surface area contributed by atoms with Crippen molar-refractivity contribution >= 4 is 23.0 Å². The van der Waals surface area contributed by atoms with Gasteiger partial charge in [-0.1, -0.05) is 11.6 Å². The molecule has 1 aromatic rings. The van der Waals surface area contributed by atoms with Crippen LogP contribution in [0.5, 0.6) is 0 Å². The second kappa shape index (κ2) is 4.98. The quantitative estimate of drug-likeness (QED) is 0.837. The first-order chi connectivity index (χ1) is 8.45. The molecule has 3 nitrogen and oxygen atoms in total. The van der Waals surface area contributed by atoms with Crippen molar-refractivity contribution in [2.45, 2.75) is 32.3 Å². The van der Waals surface area contributed by atoms with Crippen molar-refractivity contribution in [2.24, 2.45) is 0 Å². The van der Waals surface area contributed by atoms with Gasteiger partial charge < -0.3 is 15.4 Å². The minimum absolute atomic E-state index is 0.0709. The molecule has 4 heteroatoms. The van der Waals surface area contributed by atoms with E-state index in [1.165, 1.54) is 0 Å². The van der Waals surface area contributed by atoms with Crippen molar-refractivity contribution in [3.8, 4) is 0 Å². The molecule has 1 heterocycles. The monoisotopic (exact) mass is 268 g/mol. The maximum absolute atomic E-state index is 6.13. The lowest BCUT2D eigenvalue weighted by atomic mass is 9.94. The number of methoxy groups -OCH3 is 1. The van der Waals surface area contributed by atoms with Crippen LogP contribution in [0.1, 0.15) is 25.3 Å². The van der Waals surface area contributed by atoms with Gasteiger partial charge in [-0.3, -0.25) is 0 Å². The van der Waals surface area contributed by atoms with Crippen molar-refractivity contribution in [1.82, 2.24) is 0 Å². The summed E-state index contributed by atoms with van der Waals surface area (Å²) in [7, 11) is 1.78. The van der Waals surface area contributed by atoms with Gasteiger partial charge in [0, 0.05) is 25.9 Å². The van der Waals surface area contributed by atoms with E-state index in [1.807, 2.05) is 12.1 Å². The van der Waals surface area contributed by atoms with Gasteiger partial charge >= 0.3 is 0 Å². The Balaban J connectivity index is 2.29. The first kappa shape index (κ1) is 13.5. The van der Waals surface area contributed by atoms with Gasteiger partial charge in [-0.15, -0.1) is 0 Å². The van der Waals surface area contributed by atoms with Gasteiger partial charge in [0.1, 0.15) is 0 Å². The normalized spacial score (nSPS) is 24.3. The van der Waals surface area contributed by atoms with Gasteiger partial charge in [-0.2, -0.15) is 0 Å².